The molecule has 2 rings (SSSR count). The first-order chi connectivity index (χ1) is 8.50. The third-order valence-electron chi connectivity index (χ3n) is 3.03. The van der Waals surface area contributed by atoms with Crippen molar-refractivity contribution >= 4 is 29.1 Å². The molecule has 18 heavy (non-hydrogen) atoms. The largest absolute Gasteiger partial charge is 0.397 e. The number of benzene rings is 1. The summed E-state index contributed by atoms with van der Waals surface area (Å²) in [7, 11) is 1.72. The number of rotatable bonds is 1. The molecule has 1 heterocycles. The minimum Gasteiger partial charge on any atom is -0.397 e. The van der Waals surface area contributed by atoms with Crippen LogP contribution in [0.15, 0.2) is 18.2 Å². The summed E-state index contributed by atoms with van der Waals surface area (Å²) in [4.78, 5) is 26.9. The van der Waals surface area contributed by atoms with Crippen molar-refractivity contribution in [1.82, 2.24) is 9.80 Å². The number of anilines is 1. The zero-order valence-electron chi connectivity index (χ0n) is 10.0. The number of amides is 2. The standard InChI is InChI=1S/C12H14ClN3O2/c1-15-5-6-16(7-10(15)17)12(18)8-3-2-4-9(13)11(8)14/h2-4H,5-7,14H2,1H3. The zero-order valence-corrected chi connectivity index (χ0v) is 10.8. The summed E-state index contributed by atoms with van der Waals surface area (Å²) in [5.74, 6) is -0.327. The fourth-order valence-electron chi connectivity index (χ4n) is 1.83. The van der Waals surface area contributed by atoms with Gasteiger partial charge in [0, 0.05) is 20.1 Å². The van der Waals surface area contributed by atoms with Gasteiger partial charge in [-0.25, -0.2) is 0 Å². The van der Waals surface area contributed by atoms with Gasteiger partial charge in [0.1, 0.15) is 6.54 Å². The predicted octanol–water partition coefficient (Wildman–Crippen LogP) is 0.836. The maximum absolute atomic E-state index is 12.2. The Morgan fingerprint density at radius 3 is 2.78 bits per heavy atom. The number of hydrogen-bond acceptors (Lipinski definition) is 3. The summed E-state index contributed by atoms with van der Waals surface area (Å²) in [6, 6.07) is 4.92. The van der Waals surface area contributed by atoms with E-state index in [2.05, 4.69) is 0 Å². The minimum atomic E-state index is -0.253. The van der Waals surface area contributed by atoms with Crippen LogP contribution in [0.4, 0.5) is 5.69 Å². The number of carbonyl (C=O) groups is 2. The monoisotopic (exact) mass is 267 g/mol. The number of carbonyl (C=O) groups excluding carboxylic acids is 2. The lowest BCUT2D eigenvalue weighted by atomic mass is 10.1. The van der Waals surface area contributed by atoms with Crippen LogP contribution < -0.4 is 5.73 Å². The normalized spacial score (nSPS) is 16.0. The lowest BCUT2D eigenvalue weighted by molar-refractivity contribution is -0.133. The van der Waals surface area contributed by atoms with Gasteiger partial charge >= 0.3 is 0 Å². The van der Waals surface area contributed by atoms with Gasteiger partial charge in [0.05, 0.1) is 16.3 Å². The maximum atomic E-state index is 12.2. The van der Waals surface area contributed by atoms with E-state index < -0.39 is 0 Å². The molecule has 0 radical (unpaired) electrons. The van der Waals surface area contributed by atoms with Crippen molar-refractivity contribution in [3.05, 3.63) is 28.8 Å². The highest BCUT2D eigenvalue weighted by Gasteiger charge is 2.26. The first kappa shape index (κ1) is 12.7. The molecule has 6 heteroatoms. The van der Waals surface area contributed by atoms with Gasteiger partial charge in [-0.15, -0.1) is 0 Å². The van der Waals surface area contributed by atoms with E-state index in [-0.39, 0.29) is 24.0 Å². The number of likely N-dealkylation sites (N-methyl/N-ethyl adjacent to an activating group) is 1. The molecule has 0 atom stereocenters. The highest BCUT2D eigenvalue weighted by atomic mass is 35.5. The quantitative estimate of drug-likeness (QED) is 0.767. The summed E-state index contributed by atoms with van der Waals surface area (Å²) in [6.45, 7) is 1.12. The van der Waals surface area contributed by atoms with Gasteiger partial charge in [0.25, 0.3) is 5.91 Å². The van der Waals surface area contributed by atoms with Gasteiger partial charge < -0.3 is 15.5 Å². The van der Waals surface area contributed by atoms with Crippen LogP contribution in [-0.4, -0.2) is 48.3 Å². The van der Waals surface area contributed by atoms with Crippen molar-refractivity contribution < 1.29 is 9.59 Å². The Morgan fingerprint density at radius 1 is 1.39 bits per heavy atom. The minimum absolute atomic E-state index is 0.0739. The first-order valence-electron chi connectivity index (χ1n) is 5.58. The van der Waals surface area contributed by atoms with Crippen LogP contribution in [-0.2, 0) is 4.79 Å². The molecular weight excluding hydrogens is 254 g/mol. The molecule has 0 bridgehead atoms. The number of nitrogens with zero attached hydrogens (tertiary/aromatic N) is 2. The third kappa shape index (κ3) is 2.26. The van der Waals surface area contributed by atoms with Crippen molar-refractivity contribution in [2.24, 2.45) is 0 Å². The summed E-state index contributed by atoms with van der Waals surface area (Å²) in [5.41, 5.74) is 6.38. The number of para-hydroxylation sites is 1. The molecule has 2 N–H and O–H groups in total. The van der Waals surface area contributed by atoms with Crippen molar-refractivity contribution in [1.29, 1.82) is 0 Å². The molecular formula is C12H14ClN3O2. The first-order valence-corrected chi connectivity index (χ1v) is 5.95. The molecule has 0 aromatic heterocycles. The average Bonchev–Trinajstić information content (AvgIpc) is 2.35. The topological polar surface area (TPSA) is 66.6 Å². The Hall–Kier alpha value is -1.75. The van der Waals surface area contributed by atoms with E-state index in [1.807, 2.05) is 0 Å². The summed E-state index contributed by atoms with van der Waals surface area (Å²) >= 11 is 5.88. The Morgan fingerprint density at radius 2 is 2.11 bits per heavy atom. The van der Waals surface area contributed by atoms with Crippen LogP contribution in [0.1, 0.15) is 10.4 Å². The van der Waals surface area contributed by atoms with E-state index in [9.17, 15) is 9.59 Å². The van der Waals surface area contributed by atoms with Crippen molar-refractivity contribution in [3.63, 3.8) is 0 Å². The molecule has 96 valence electrons. The molecule has 0 unspecified atom stereocenters. The number of piperazine rings is 1. The van der Waals surface area contributed by atoms with Gasteiger partial charge in [0.15, 0.2) is 0 Å². The molecule has 1 aromatic carbocycles. The van der Waals surface area contributed by atoms with Gasteiger partial charge in [-0.3, -0.25) is 9.59 Å². The fraction of sp³-hybridized carbons (Fsp3) is 0.333. The van der Waals surface area contributed by atoms with Crippen LogP contribution in [0.2, 0.25) is 5.02 Å². The molecule has 0 spiro atoms. The van der Waals surface area contributed by atoms with Gasteiger partial charge in [-0.1, -0.05) is 17.7 Å². The van der Waals surface area contributed by atoms with Gasteiger partial charge in [-0.2, -0.15) is 0 Å². The van der Waals surface area contributed by atoms with Crippen LogP contribution in [0.3, 0.4) is 0 Å². The molecule has 0 saturated carbocycles. The van der Waals surface area contributed by atoms with Crippen molar-refractivity contribution in [3.8, 4) is 0 Å². The predicted molar refractivity (Wildman–Crippen MR) is 69.4 cm³/mol. The van der Waals surface area contributed by atoms with E-state index in [0.717, 1.165) is 0 Å². The fourth-order valence-corrected chi connectivity index (χ4v) is 2.00. The Labute approximate surface area is 110 Å². The van der Waals surface area contributed by atoms with E-state index >= 15 is 0 Å². The van der Waals surface area contributed by atoms with E-state index in [1.54, 1.807) is 30.1 Å². The van der Waals surface area contributed by atoms with E-state index in [0.29, 0.717) is 23.7 Å². The number of nitrogen functional groups attached to an aromatic ring is 1. The van der Waals surface area contributed by atoms with Crippen LogP contribution in [0.5, 0.6) is 0 Å². The summed E-state index contributed by atoms with van der Waals surface area (Å²) in [5, 5.41) is 0.348. The van der Waals surface area contributed by atoms with E-state index in [1.165, 1.54) is 4.90 Å². The maximum Gasteiger partial charge on any atom is 0.256 e. The second-order valence-corrected chi connectivity index (χ2v) is 4.65. The zero-order chi connectivity index (χ0) is 13.3. The molecule has 1 aromatic rings. The Balaban J connectivity index is 2.22. The molecule has 1 aliphatic rings. The highest BCUT2D eigenvalue weighted by molar-refractivity contribution is 6.33. The Bertz CT molecular complexity index is 504. The summed E-state index contributed by atoms with van der Waals surface area (Å²) in [6.07, 6.45) is 0. The second kappa shape index (κ2) is 4.86. The lowest BCUT2D eigenvalue weighted by Crippen LogP contribution is -2.50. The van der Waals surface area contributed by atoms with Crippen molar-refractivity contribution in [2.45, 2.75) is 0 Å². The molecule has 5 nitrogen and oxygen atoms in total. The summed E-state index contributed by atoms with van der Waals surface area (Å²) < 4.78 is 0. The average molecular weight is 268 g/mol. The smallest absolute Gasteiger partial charge is 0.256 e. The highest BCUT2D eigenvalue weighted by Crippen LogP contribution is 2.23. The van der Waals surface area contributed by atoms with Crippen LogP contribution in [0.25, 0.3) is 0 Å². The Kier molecular flexibility index (Phi) is 3.43. The number of halogens is 1. The van der Waals surface area contributed by atoms with Gasteiger partial charge in [-0.05, 0) is 12.1 Å². The SMILES string of the molecule is CN1CCN(C(=O)c2cccc(Cl)c2N)CC1=O. The molecule has 1 fully saturated rings. The molecule has 2 amide bonds. The molecule has 1 saturated heterocycles. The van der Waals surface area contributed by atoms with Gasteiger partial charge in [0.2, 0.25) is 5.91 Å². The number of nitrogens with two attached hydrogens (primary N) is 1. The van der Waals surface area contributed by atoms with Crippen molar-refractivity contribution in [2.75, 3.05) is 32.4 Å². The van der Waals surface area contributed by atoms with Crippen LogP contribution in [0, 0.1) is 0 Å². The lowest BCUT2D eigenvalue weighted by Gasteiger charge is -2.32. The van der Waals surface area contributed by atoms with E-state index in [4.69, 9.17) is 17.3 Å². The van der Waals surface area contributed by atoms with Crippen LogP contribution >= 0.6 is 11.6 Å². The second-order valence-electron chi connectivity index (χ2n) is 4.24. The third-order valence-corrected chi connectivity index (χ3v) is 3.36. The molecule has 0 aliphatic carbocycles. The molecule has 1 aliphatic heterocycles. The number of hydrogen-bond donors (Lipinski definition) is 1.